The van der Waals surface area contributed by atoms with Gasteiger partial charge in [-0.3, -0.25) is 0 Å². The highest BCUT2D eigenvalue weighted by atomic mass is 13.9. The van der Waals surface area contributed by atoms with Crippen LogP contribution in [0.5, 0.6) is 0 Å². The van der Waals surface area contributed by atoms with Gasteiger partial charge < -0.3 is 0 Å². The zero-order valence-corrected chi connectivity index (χ0v) is 10.0. The fraction of sp³-hybridized carbons (Fsp3) is 0.533. The van der Waals surface area contributed by atoms with E-state index in [1.54, 1.807) is 6.08 Å². The minimum atomic E-state index is 1.19. The zero-order chi connectivity index (χ0) is 11.2. The van der Waals surface area contributed by atoms with Crippen LogP contribution in [0.2, 0.25) is 0 Å². The van der Waals surface area contributed by atoms with Crippen LogP contribution in [0.3, 0.4) is 0 Å². The summed E-state index contributed by atoms with van der Waals surface area (Å²) in [5.74, 6) is 0. The Hall–Kier alpha value is -0.780. The average molecular weight is 204 g/mol. The molecule has 0 aliphatic carbocycles. The molecule has 0 saturated heterocycles. The molecule has 0 aliphatic rings. The lowest BCUT2D eigenvalue weighted by Gasteiger charge is -1.98. The highest BCUT2D eigenvalue weighted by Crippen LogP contribution is 2.07. The maximum Gasteiger partial charge on any atom is -0.0167 e. The normalized spacial score (nSPS) is 11.5. The summed E-state index contributed by atoms with van der Waals surface area (Å²) in [6, 6.07) is 0. The Balaban J connectivity index is 3.07. The van der Waals surface area contributed by atoms with E-state index in [2.05, 4.69) is 32.1 Å². The molecular weight excluding hydrogens is 180 g/mol. The first kappa shape index (κ1) is 14.2. The molecule has 0 aromatic heterocycles. The fourth-order valence-corrected chi connectivity index (χ4v) is 1.39. The minimum Gasteiger partial charge on any atom is -0.0990 e. The molecule has 0 amide bonds. The minimum absolute atomic E-state index is 1.19. The molecule has 0 saturated carbocycles. The van der Waals surface area contributed by atoms with Crippen molar-refractivity contribution in [3.63, 3.8) is 0 Å². The molecule has 0 spiro atoms. The van der Waals surface area contributed by atoms with Crippen molar-refractivity contribution in [1.82, 2.24) is 0 Å². The van der Waals surface area contributed by atoms with Crippen molar-refractivity contribution >= 4 is 0 Å². The van der Waals surface area contributed by atoms with Gasteiger partial charge in [0, 0.05) is 0 Å². The summed E-state index contributed by atoms with van der Waals surface area (Å²) in [6.45, 7) is 5.84. The van der Waals surface area contributed by atoms with Gasteiger partial charge in [-0.1, -0.05) is 76.3 Å². The van der Waals surface area contributed by atoms with Crippen molar-refractivity contribution in [2.45, 2.75) is 51.9 Å². The predicted molar refractivity (Wildman–Crippen MR) is 69.4 cm³/mol. The molecule has 2 radical (unpaired) electrons. The van der Waals surface area contributed by atoms with E-state index in [4.69, 9.17) is 0 Å². The third-order valence-electron chi connectivity index (χ3n) is 2.27. The topological polar surface area (TPSA) is 0 Å². The lowest BCUT2D eigenvalue weighted by molar-refractivity contribution is 0.607. The number of allylic oxidation sites excluding steroid dienone is 5. The van der Waals surface area contributed by atoms with E-state index in [1.807, 2.05) is 12.2 Å². The van der Waals surface area contributed by atoms with E-state index in [1.165, 1.54) is 44.9 Å². The fourth-order valence-electron chi connectivity index (χ4n) is 1.39. The molecule has 0 aliphatic heterocycles. The summed E-state index contributed by atoms with van der Waals surface area (Å²) in [5, 5.41) is 0. The smallest absolute Gasteiger partial charge is 0.0167 e. The van der Waals surface area contributed by atoms with Crippen LogP contribution < -0.4 is 0 Å². The second-order valence-corrected chi connectivity index (χ2v) is 3.72. The second-order valence-electron chi connectivity index (χ2n) is 3.72. The zero-order valence-electron chi connectivity index (χ0n) is 10.0. The molecule has 0 heterocycles. The lowest BCUT2D eigenvalue weighted by Crippen LogP contribution is -1.79. The van der Waals surface area contributed by atoms with Crippen LogP contribution in [-0.2, 0) is 0 Å². The summed E-state index contributed by atoms with van der Waals surface area (Å²) in [7, 11) is 0. The first-order valence-electron chi connectivity index (χ1n) is 6.10. The standard InChI is InChI=1S/C15H24/c1-3-5-7-9-11-13-15-14-12-10-8-6-4-2/h3,5,9,11,13H,1,4,6,8,10,12,14-15H2,2H3. The first-order chi connectivity index (χ1) is 7.41. The molecular formula is C15H24. The van der Waals surface area contributed by atoms with Crippen LogP contribution in [-0.4, -0.2) is 0 Å². The van der Waals surface area contributed by atoms with Crippen molar-refractivity contribution in [2.24, 2.45) is 0 Å². The van der Waals surface area contributed by atoms with E-state index < -0.39 is 0 Å². The van der Waals surface area contributed by atoms with Gasteiger partial charge in [-0.15, -0.1) is 0 Å². The monoisotopic (exact) mass is 204 g/mol. The third-order valence-corrected chi connectivity index (χ3v) is 2.27. The largest absolute Gasteiger partial charge is 0.0990 e. The van der Waals surface area contributed by atoms with Gasteiger partial charge in [0.2, 0.25) is 0 Å². The molecule has 0 unspecified atom stereocenters. The van der Waals surface area contributed by atoms with Crippen LogP contribution in [0.15, 0.2) is 30.9 Å². The quantitative estimate of drug-likeness (QED) is 0.345. The van der Waals surface area contributed by atoms with Crippen LogP contribution in [0, 0.1) is 12.5 Å². The number of hydrogen-bond acceptors (Lipinski definition) is 0. The summed E-state index contributed by atoms with van der Waals surface area (Å²) in [6.07, 6.45) is 22.2. The van der Waals surface area contributed by atoms with E-state index in [0.717, 1.165) is 0 Å². The molecule has 0 bridgehead atoms. The third kappa shape index (κ3) is 13.2. The lowest BCUT2D eigenvalue weighted by atomic mass is 10.1. The van der Waals surface area contributed by atoms with Crippen LogP contribution in [0.4, 0.5) is 0 Å². The molecule has 84 valence electrons. The predicted octanol–water partition coefficient (Wildman–Crippen LogP) is 5.04. The van der Waals surface area contributed by atoms with Crippen LogP contribution in [0.25, 0.3) is 0 Å². The van der Waals surface area contributed by atoms with Gasteiger partial charge in [-0.25, -0.2) is 0 Å². The van der Waals surface area contributed by atoms with Gasteiger partial charge in [-0.05, 0) is 18.9 Å². The molecule has 0 atom stereocenters. The van der Waals surface area contributed by atoms with Gasteiger partial charge in [0.15, 0.2) is 0 Å². The molecule has 0 nitrogen and oxygen atoms in total. The van der Waals surface area contributed by atoms with Crippen LogP contribution in [0.1, 0.15) is 51.9 Å². The maximum atomic E-state index is 3.58. The van der Waals surface area contributed by atoms with Crippen molar-refractivity contribution in [1.29, 1.82) is 0 Å². The number of hydrogen-bond donors (Lipinski definition) is 0. The first-order valence-corrected chi connectivity index (χ1v) is 6.10. The van der Waals surface area contributed by atoms with Gasteiger partial charge >= 0.3 is 0 Å². The summed E-state index contributed by atoms with van der Waals surface area (Å²) >= 11 is 0. The van der Waals surface area contributed by atoms with Gasteiger partial charge in [0.25, 0.3) is 0 Å². The average Bonchev–Trinajstić information content (AvgIpc) is 2.26. The summed E-state index contributed by atoms with van der Waals surface area (Å²) in [5.41, 5.74) is 0. The Bertz CT molecular complexity index is 174. The van der Waals surface area contributed by atoms with E-state index >= 15 is 0 Å². The molecule has 15 heavy (non-hydrogen) atoms. The van der Waals surface area contributed by atoms with Gasteiger partial charge in [0.1, 0.15) is 0 Å². The van der Waals surface area contributed by atoms with E-state index in [0.29, 0.717) is 0 Å². The maximum absolute atomic E-state index is 3.58. The highest BCUT2D eigenvalue weighted by molar-refractivity contribution is 5.06. The van der Waals surface area contributed by atoms with Crippen LogP contribution >= 0.6 is 0 Å². The molecule has 0 heteroatoms. The van der Waals surface area contributed by atoms with E-state index in [9.17, 15) is 0 Å². The summed E-state index contributed by atoms with van der Waals surface area (Å²) < 4.78 is 0. The summed E-state index contributed by atoms with van der Waals surface area (Å²) in [4.78, 5) is 0. The Morgan fingerprint density at radius 1 is 1.07 bits per heavy atom. The Morgan fingerprint density at radius 2 is 1.80 bits per heavy atom. The second kappa shape index (κ2) is 13.2. The Morgan fingerprint density at radius 3 is 2.53 bits per heavy atom. The van der Waals surface area contributed by atoms with Gasteiger partial charge in [-0.2, -0.15) is 0 Å². The van der Waals surface area contributed by atoms with E-state index in [-0.39, 0.29) is 0 Å². The number of unbranched alkanes of at least 4 members (excludes halogenated alkanes) is 7. The molecule has 0 N–H and O–H groups in total. The highest BCUT2D eigenvalue weighted by Gasteiger charge is 1.88. The molecule has 0 aromatic rings. The van der Waals surface area contributed by atoms with Crippen molar-refractivity contribution in [3.05, 3.63) is 43.4 Å². The van der Waals surface area contributed by atoms with Gasteiger partial charge in [0.05, 0.1) is 0 Å². The van der Waals surface area contributed by atoms with Crippen molar-refractivity contribution in [3.8, 4) is 0 Å². The van der Waals surface area contributed by atoms with Crippen molar-refractivity contribution < 1.29 is 0 Å². The molecule has 0 fully saturated rings. The number of rotatable bonds is 10. The molecule has 0 rings (SSSR count). The molecule has 0 aromatic carbocycles. The Labute approximate surface area is 95.8 Å². The Kier molecular flexibility index (Phi) is 12.5. The van der Waals surface area contributed by atoms with Crippen molar-refractivity contribution in [2.75, 3.05) is 0 Å². The SMILES string of the molecule is C=C/C=[C]/C=C[CH]CCCCCCCC.